The Morgan fingerprint density at radius 2 is 2.09 bits per heavy atom. The maximum atomic E-state index is 13.7. The van der Waals surface area contributed by atoms with Crippen LogP contribution in [0.2, 0.25) is 0 Å². The summed E-state index contributed by atoms with van der Waals surface area (Å²) < 4.78 is 14.3. The number of carbonyl (C=O) groups is 1. The van der Waals surface area contributed by atoms with Crippen LogP contribution in [0.3, 0.4) is 0 Å². The van der Waals surface area contributed by atoms with E-state index >= 15 is 0 Å². The minimum absolute atomic E-state index is 0.0527. The zero-order valence-electron chi connectivity index (χ0n) is 12.3. The molecule has 4 nitrogen and oxygen atoms in total. The second-order valence-corrected chi connectivity index (χ2v) is 6.10. The predicted octanol–water partition coefficient (Wildman–Crippen LogP) is 3.83. The summed E-state index contributed by atoms with van der Waals surface area (Å²) in [4.78, 5) is 19.7. The number of hydrogen-bond acceptors (Lipinski definition) is 2. The van der Waals surface area contributed by atoms with Crippen LogP contribution in [0.4, 0.5) is 4.39 Å². The van der Waals surface area contributed by atoms with Gasteiger partial charge in [0.15, 0.2) is 0 Å². The number of aromatic nitrogens is 2. The van der Waals surface area contributed by atoms with Gasteiger partial charge >= 0.3 is 0 Å². The molecule has 1 amide bonds. The molecule has 3 rings (SSSR count). The van der Waals surface area contributed by atoms with Gasteiger partial charge in [0.2, 0.25) is 0 Å². The second kappa shape index (κ2) is 6.91. The van der Waals surface area contributed by atoms with Crippen LogP contribution in [0.15, 0.2) is 46.9 Å². The van der Waals surface area contributed by atoms with Gasteiger partial charge in [-0.15, -0.1) is 0 Å². The molecule has 0 saturated heterocycles. The molecule has 23 heavy (non-hydrogen) atoms. The van der Waals surface area contributed by atoms with Gasteiger partial charge < -0.3 is 10.3 Å². The molecule has 0 radical (unpaired) electrons. The number of aryl methyl sites for hydroxylation is 1. The molecule has 1 heterocycles. The Balaban J connectivity index is 1.52. The van der Waals surface area contributed by atoms with Gasteiger partial charge in [0.1, 0.15) is 11.6 Å². The normalized spacial score (nSPS) is 10.9. The number of nitrogens with one attached hydrogen (secondary N) is 2. The summed E-state index contributed by atoms with van der Waals surface area (Å²) in [5.74, 6) is -0.0518. The molecular formula is C17H15BrFN3O. The van der Waals surface area contributed by atoms with Crippen molar-refractivity contribution < 1.29 is 9.18 Å². The molecule has 0 atom stereocenters. The molecule has 0 aliphatic heterocycles. The van der Waals surface area contributed by atoms with Crippen molar-refractivity contribution in [2.45, 2.75) is 12.8 Å². The lowest BCUT2D eigenvalue weighted by molar-refractivity contribution is 0.0949. The SMILES string of the molecule is O=C(NCCCc1nc2ccccc2[nH]1)c1ccc(Br)cc1F. The van der Waals surface area contributed by atoms with Crippen molar-refractivity contribution in [2.24, 2.45) is 0 Å². The molecule has 0 fully saturated rings. The summed E-state index contributed by atoms with van der Waals surface area (Å²) in [6, 6.07) is 12.2. The fourth-order valence-electron chi connectivity index (χ4n) is 2.35. The Kier molecular flexibility index (Phi) is 4.71. The molecule has 1 aromatic heterocycles. The van der Waals surface area contributed by atoms with Crippen molar-refractivity contribution in [3.8, 4) is 0 Å². The highest BCUT2D eigenvalue weighted by atomic mass is 79.9. The lowest BCUT2D eigenvalue weighted by atomic mass is 10.2. The van der Waals surface area contributed by atoms with Crippen molar-refractivity contribution in [1.82, 2.24) is 15.3 Å². The van der Waals surface area contributed by atoms with Crippen LogP contribution in [-0.2, 0) is 6.42 Å². The minimum atomic E-state index is -0.533. The molecule has 0 aliphatic rings. The predicted molar refractivity (Wildman–Crippen MR) is 90.8 cm³/mol. The summed E-state index contributed by atoms with van der Waals surface area (Å²) in [7, 11) is 0. The van der Waals surface area contributed by atoms with E-state index < -0.39 is 11.7 Å². The number of hydrogen-bond donors (Lipinski definition) is 2. The van der Waals surface area contributed by atoms with E-state index in [9.17, 15) is 9.18 Å². The molecule has 0 unspecified atom stereocenters. The number of amides is 1. The van der Waals surface area contributed by atoms with Gasteiger partial charge in [0.05, 0.1) is 16.6 Å². The number of rotatable bonds is 5. The number of carbonyl (C=O) groups excluding carboxylic acids is 1. The largest absolute Gasteiger partial charge is 0.352 e. The smallest absolute Gasteiger partial charge is 0.254 e. The first-order chi connectivity index (χ1) is 11.1. The summed E-state index contributed by atoms with van der Waals surface area (Å²) in [6.07, 6.45) is 1.45. The molecular weight excluding hydrogens is 361 g/mol. The summed E-state index contributed by atoms with van der Waals surface area (Å²) >= 11 is 3.17. The average molecular weight is 376 g/mol. The topological polar surface area (TPSA) is 57.8 Å². The molecule has 3 aromatic rings. The molecule has 0 saturated carbocycles. The van der Waals surface area contributed by atoms with E-state index in [1.165, 1.54) is 12.1 Å². The van der Waals surface area contributed by atoms with Gasteiger partial charge in [0.25, 0.3) is 5.91 Å². The van der Waals surface area contributed by atoms with Crippen LogP contribution in [0.5, 0.6) is 0 Å². The van der Waals surface area contributed by atoms with Crippen LogP contribution in [0.25, 0.3) is 11.0 Å². The third-order valence-corrected chi connectivity index (χ3v) is 3.98. The number of para-hydroxylation sites is 2. The number of benzene rings is 2. The number of aromatic amines is 1. The van der Waals surface area contributed by atoms with Crippen LogP contribution < -0.4 is 5.32 Å². The minimum Gasteiger partial charge on any atom is -0.352 e. The fraction of sp³-hybridized carbons (Fsp3) is 0.176. The highest BCUT2D eigenvalue weighted by Gasteiger charge is 2.11. The molecule has 0 aliphatic carbocycles. The van der Waals surface area contributed by atoms with E-state index in [4.69, 9.17) is 0 Å². The highest BCUT2D eigenvalue weighted by molar-refractivity contribution is 9.10. The number of halogens is 2. The van der Waals surface area contributed by atoms with Crippen LogP contribution in [0.1, 0.15) is 22.6 Å². The van der Waals surface area contributed by atoms with Gasteiger partial charge in [-0.1, -0.05) is 28.1 Å². The van der Waals surface area contributed by atoms with Crippen molar-refractivity contribution in [1.29, 1.82) is 0 Å². The van der Waals surface area contributed by atoms with Gasteiger partial charge in [-0.25, -0.2) is 9.37 Å². The third-order valence-electron chi connectivity index (χ3n) is 3.49. The zero-order valence-corrected chi connectivity index (χ0v) is 13.9. The monoisotopic (exact) mass is 375 g/mol. The summed E-state index contributed by atoms with van der Waals surface area (Å²) in [6.45, 7) is 0.464. The Morgan fingerprint density at radius 1 is 1.26 bits per heavy atom. The van der Waals surface area contributed by atoms with E-state index in [1.54, 1.807) is 6.07 Å². The van der Waals surface area contributed by atoms with Crippen molar-refractivity contribution >= 4 is 32.9 Å². The third kappa shape index (κ3) is 3.76. The van der Waals surface area contributed by atoms with Crippen LogP contribution in [0, 0.1) is 5.82 Å². The van der Waals surface area contributed by atoms with E-state index in [1.807, 2.05) is 24.3 Å². The number of H-pyrrole nitrogens is 1. The summed E-state index contributed by atoms with van der Waals surface area (Å²) in [5.41, 5.74) is 1.99. The first kappa shape index (κ1) is 15.7. The highest BCUT2D eigenvalue weighted by Crippen LogP contribution is 2.15. The zero-order chi connectivity index (χ0) is 16.2. The standard InChI is InChI=1S/C17H15BrFN3O/c18-11-7-8-12(13(19)10-11)17(23)20-9-3-6-16-21-14-4-1-2-5-15(14)22-16/h1-2,4-5,7-8,10H,3,6,9H2,(H,20,23)(H,21,22). The quantitative estimate of drug-likeness (QED) is 0.665. The second-order valence-electron chi connectivity index (χ2n) is 5.18. The fourth-order valence-corrected chi connectivity index (χ4v) is 2.68. The number of nitrogens with zero attached hydrogens (tertiary/aromatic N) is 1. The maximum Gasteiger partial charge on any atom is 0.254 e. The Hall–Kier alpha value is -2.21. The van der Waals surface area contributed by atoms with E-state index in [-0.39, 0.29) is 5.56 Å². The van der Waals surface area contributed by atoms with Gasteiger partial charge in [0, 0.05) is 17.4 Å². The Bertz CT molecular complexity index is 814. The van der Waals surface area contributed by atoms with E-state index in [0.717, 1.165) is 29.7 Å². The maximum absolute atomic E-state index is 13.7. The summed E-state index contributed by atoms with van der Waals surface area (Å²) in [5, 5.41) is 2.73. The van der Waals surface area contributed by atoms with Gasteiger partial charge in [-0.3, -0.25) is 4.79 Å². The van der Waals surface area contributed by atoms with Gasteiger partial charge in [-0.05, 0) is 36.8 Å². The molecule has 0 bridgehead atoms. The van der Waals surface area contributed by atoms with Crippen molar-refractivity contribution in [2.75, 3.05) is 6.54 Å². The van der Waals surface area contributed by atoms with Crippen molar-refractivity contribution in [3.05, 3.63) is 64.1 Å². The van der Waals surface area contributed by atoms with Crippen LogP contribution in [-0.4, -0.2) is 22.4 Å². The average Bonchev–Trinajstić information content (AvgIpc) is 2.94. The number of fused-ring (bicyclic) bond motifs is 1. The molecule has 2 N–H and O–H groups in total. The van der Waals surface area contributed by atoms with Crippen molar-refractivity contribution in [3.63, 3.8) is 0 Å². The molecule has 0 spiro atoms. The number of imidazole rings is 1. The Labute approximate surface area is 141 Å². The lowest BCUT2D eigenvalue weighted by Crippen LogP contribution is -2.25. The first-order valence-electron chi connectivity index (χ1n) is 7.30. The molecule has 118 valence electrons. The lowest BCUT2D eigenvalue weighted by Gasteiger charge is -2.05. The van der Waals surface area contributed by atoms with E-state index in [0.29, 0.717) is 11.0 Å². The van der Waals surface area contributed by atoms with Gasteiger partial charge in [-0.2, -0.15) is 0 Å². The Morgan fingerprint density at radius 3 is 2.87 bits per heavy atom. The van der Waals surface area contributed by atoms with Crippen LogP contribution >= 0.6 is 15.9 Å². The molecule has 2 aromatic carbocycles. The molecule has 6 heteroatoms. The first-order valence-corrected chi connectivity index (χ1v) is 8.09. The van der Waals surface area contributed by atoms with E-state index in [2.05, 4.69) is 31.2 Å².